The van der Waals surface area contributed by atoms with Crippen LogP contribution in [0.3, 0.4) is 0 Å². The van der Waals surface area contributed by atoms with Gasteiger partial charge in [-0.25, -0.2) is 4.79 Å². The van der Waals surface area contributed by atoms with Crippen molar-refractivity contribution in [3.63, 3.8) is 0 Å². The van der Waals surface area contributed by atoms with Crippen LogP contribution in [0.25, 0.3) is 0 Å². The number of nitrogens with one attached hydrogen (secondary N) is 2. The molecule has 2 bridgehead atoms. The van der Waals surface area contributed by atoms with Gasteiger partial charge in [-0.15, -0.1) is 0 Å². The molecule has 1 fully saturated rings. The standard InChI is InChI=1S/C38H52N2O9/c1-24-15-14-18-29-21-31(48-27(4)41)22-32(36(29)44)40-34(42)23-30(47-5)19-12-7-6-8-13-20-33(25(2)35(24)43)49-38(46)26(3)39-37(45)28-16-10-9-11-17-28/h6-8,12-13,15,19,21-22,25-26,28,30,33,35,43-44H,9-11,14,16-18,20,23H2,1-5H3,(H,39,45)(H,40,42)/b7-6+,13-8+,19-12+,24-15-/t25-,26+,30+,33+,35-/m1/s1. The van der Waals surface area contributed by atoms with Crippen LogP contribution in [0.2, 0.25) is 0 Å². The van der Waals surface area contributed by atoms with Crippen LogP contribution in [0.5, 0.6) is 11.5 Å². The molecule has 0 radical (unpaired) electrons. The molecular formula is C38H52N2O9. The fourth-order valence-electron chi connectivity index (χ4n) is 5.97. The maximum Gasteiger partial charge on any atom is 0.328 e. The van der Waals surface area contributed by atoms with Crippen molar-refractivity contribution in [3.05, 3.63) is 65.8 Å². The number of allylic oxidation sites excluding steroid dienone is 5. The van der Waals surface area contributed by atoms with E-state index < -0.39 is 48.1 Å². The van der Waals surface area contributed by atoms with E-state index in [0.29, 0.717) is 30.4 Å². The van der Waals surface area contributed by atoms with Crippen LogP contribution in [-0.2, 0) is 35.1 Å². The van der Waals surface area contributed by atoms with Crippen molar-refractivity contribution in [3.8, 4) is 11.5 Å². The Hall–Kier alpha value is -4.22. The zero-order valence-corrected chi connectivity index (χ0v) is 29.3. The number of carbonyl (C=O) groups excluding carboxylic acids is 4. The molecule has 1 aromatic rings. The summed E-state index contributed by atoms with van der Waals surface area (Å²) >= 11 is 0. The van der Waals surface area contributed by atoms with Crippen molar-refractivity contribution in [1.82, 2.24) is 5.32 Å². The molecule has 11 heteroatoms. The van der Waals surface area contributed by atoms with E-state index in [1.54, 1.807) is 51.2 Å². The Kier molecular flexibility index (Phi) is 15.8. The monoisotopic (exact) mass is 680 g/mol. The third-order valence-corrected chi connectivity index (χ3v) is 8.94. The Morgan fingerprint density at radius 3 is 2.47 bits per heavy atom. The molecule has 0 spiro atoms. The number of aliphatic hydroxyl groups is 1. The van der Waals surface area contributed by atoms with Crippen molar-refractivity contribution < 1.29 is 43.6 Å². The number of esters is 2. The highest BCUT2D eigenvalue weighted by atomic mass is 16.5. The molecule has 2 amide bonds. The first-order valence-electron chi connectivity index (χ1n) is 17.1. The Labute approximate surface area is 289 Å². The number of carbonyl (C=O) groups is 4. The number of phenols is 1. The molecule has 49 heavy (non-hydrogen) atoms. The van der Waals surface area contributed by atoms with Crippen LogP contribution in [0, 0.1) is 11.8 Å². The van der Waals surface area contributed by atoms with E-state index in [1.165, 1.54) is 26.2 Å². The van der Waals surface area contributed by atoms with Crippen LogP contribution in [0.4, 0.5) is 5.69 Å². The topological polar surface area (TPSA) is 160 Å². The van der Waals surface area contributed by atoms with Gasteiger partial charge in [0.25, 0.3) is 0 Å². The lowest BCUT2D eigenvalue weighted by Crippen LogP contribution is -2.45. The highest BCUT2D eigenvalue weighted by Crippen LogP contribution is 2.34. The first-order chi connectivity index (χ1) is 23.4. The number of ether oxygens (including phenoxy) is 3. The average molecular weight is 681 g/mol. The highest BCUT2D eigenvalue weighted by Gasteiger charge is 2.31. The maximum atomic E-state index is 13.2. The summed E-state index contributed by atoms with van der Waals surface area (Å²) in [6.07, 6.45) is 16.0. The molecule has 0 unspecified atom stereocenters. The molecule has 0 saturated heterocycles. The maximum absolute atomic E-state index is 13.2. The number of aromatic hydroxyl groups is 1. The number of anilines is 1. The number of hydrogen-bond donors (Lipinski definition) is 4. The Morgan fingerprint density at radius 2 is 1.78 bits per heavy atom. The number of hydrogen-bond acceptors (Lipinski definition) is 9. The zero-order valence-electron chi connectivity index (χ0n) is 29.3. The third-order valence-electron chi connectivity index (χ3n) is 8.94. The fraction of sp³-hybridized carbons (Fsp3) is 0.526. The molecule has 1 aliphatic heterocycles. The second kappa shape index (κ2) is 19.7. The fourth-order valence-corrected chi connectivity index (χ4v) is 5.97. The summed E-state index contributed by atoms with van der Waals surface area (Å²) in [6, 6.07) is 2.08. The highest BCUT2D eigenvalue weighted by molar-refractivity contribution is 5.93. The second-order valence-corrected chi connectivity index (χ2v) is 12.9. The van der Waals surface area contributed by atoms with Gasteiger partial charge in [-0.05, 0) is 51.2 Å². The van der Waals surface area contributed by atoms with Gasteiger partial charge in [0.15, 0.2) is 0 Å². The van der Waals surface area contributed by atoms with Gasteiger partial charge in [-0.3, -0.25) is 14.4 Å². The van der Waals surface area contributed by atoms with E-state index in [-0.39, 0.29) is 35.4 Å². The van der Waals surface area contributed by atoms with Crippen LogP contribution < -0.4 is 15.4 Å². The molecule has 1 aliphatic carbocycles. The quantitative estimate of drug-likeness (QED) is 0.130. The van der Waals surface area contributed by atoms with Gasteiger partial charge in [-0.1, -0.05) is 68.7 Å². The minimum Gasteiger partial charge on any atom is -0.505 e. The van der Waals surface area contributed by atoms with Crippen LogP contribution in [-0.4, -0.2) is 65.4 Å². The summed E-state index contributed by atoms with van der Waals surface area (Å²) in [5, 5.41) is 27.9. The summed E-state index contributed by atoms with van der Waals surface area (Å²) in [4.78, 5) is 50.6. The van der Waals surface area contributed by atoms with Crippen molar-refractivity contribution in [1.29, 1.82) is 0 Å². The Balaban J connectivity index is 1.86. The van der Waals surface area contributed by atoms with Crippen LogP contribution in [0.1, 0.15) is 84.6 Å². The number of amides is 2. The number of methoxy groups -OCH3 is 1. The van der Waals surface area contributed by atoms with Crippen LogP contribution >= 0.6 is 0 Å². The third kappa shape index (κ3) is 12.6. The number of phenolic OH excluding ortho intramolecular Hbond substituents is 1. The first-order valence-corrected chi connectivity index (χ1v) is 17.1. The van der Waals surface area contributed by atoms with E-state index >= 15 is 0 Å². The number of benzene rings is 1. The summed E-state index contributed by atoms with van der Waals surface area (Å²) in [7, 11) is 1.49. The minimum absolute atomic E-state index is 0.0342. The lowest BCUT2D eigenvalue weighted by Gasteiger charge is -2.29. The smallest absolute Gasteiger partial charge is 0.328 e. The summed E-state index contributed by atoms with van der Waals surface area (Å²) < 4.78 is 16.6. The van der Waals surface area contributed by atoms with Crippen LogP contribution in [0.15, 0.2) is 60.2 Å². The summed E-state index contributed by atoms with van der Waals surface area (Å²) in [5.74, 6) is -2.26. The van der Waals surface area contributed by atoms with Gasteiger partial charge < -0.3 is 35.1 Å². The molecule has 1 heterocycles. The lowest BCUT2D eigenvalue weighted by atomic mass is 9.88. The average Bonchev–Trinajstić information content (AvgIpc) is 3.07. The van der Waals surface area contributed by atoms with E-state index in [1.807, 2.05) is 12.2 Å². The Bertz CT molecular complexity index is 1420. The predicted molar refractivity (Wildman–Crippen MR) is 187 cm³/mol. The molecule has 0 aromatic heterocycles. The predicted octanol–water partition coefficient (Wildman–Crippen LogP) is 5.61. The van der Waals surface area contributed by atoms with Gasteiger partial charge in [0.05, 0.1) is 24.3 Å². The first kappa shape index (κ1) is 39.2. The number of fused-ring (bicyclic) bond motifs is 2. The number of rotatable bonds is 6. The largest absolute Gasteiger partial charge is 0.505 e. The van der Waals surface area contributed by atoms with Gasteiger partial charge in [0, 0.05) is 43.9 Å². The summed E-state index contributed by atoms with van der Waals surface area (Å²) in [5.41, 5.74) is 1.17. The molecule has 1 aromatic carbocycles. The van der Waals surface area contributed by atoms with Crippen molar-refractivity contribution in [2.45, 2.75) is 110 Å². The lowest BCUT2D eigenvalue weighted by molar-refractivity contribution is -0.156. The van der Waals surface area contributed by atoms with Gasteiger partial charge >= 0.3 is 11.9 Å². The Morgan fingerprint density at radius 1 is 1.06 bits per heavy atom. The van der Waals surface area contributed by atoms with Gasteiger partial charge in [0.2, 0.25) is 11.8 Å². The molecule has 11 nitrogen and oxygen atoms in total. The molecule has 268 valence electrons. The van der Waals surface area contributed by atoms with E-state index in [4.69, 9.17) is 14.2 Å². The molecule has 4 N–H and O–H groups in total. The minimum atomic E-state index is -0.965. The van der Waals surface area contributed by atoms with E-state index in [0.717, 1.165) is 32.1 Å². The molecule has 1 saturated carbocycles. The van der Waals surface area contributed by atoms with E-state index in [9.17, 15) is 29.4 Å². The van der Waals surface area contributed by atoms with E-state index in [2.05, 4.69) is 10.6 Å². The molecule has 3 rings (SSSR count). The molecular weight excluding hydrogens is 628 g/mol. The summed E-state index contributed by atoms with van der Waals surface area (Å²) in [6.45, 7) is 6.46. The van der Waals surface area contributed by atoms with Crippen molar-refractivity contribution >= 4 is 29.4 Å². The molecule has 5 atom stereocenters. The van der Waals surface area contributed by atoms with Crippen molar-refractivity contribution in [2.24, 2.45) is 11.8 Å². The zero-order chi connectivity index (χ0) is 35.9. The number of aliphatic hydroxyl groups excluding tert-OH is 1. The SMILES string of the molecule is CO[C@H]1/C=C/C=C/C=C/C[C@H](OC(=O)[C@H](C)NC(=O)C2CCCCC2)[C@@H](C)[C@H](O)/C(C)=C\CCc2cc(OC(C)=O)cc(c2O)NC(=O)C1. The number of aryl methyl sites for hydroxylation is 1. The molecule has 2 aliphatic rings. The van der Waals surface area contributed by atoms with Gasteiger partial charge in [0.1, 0.15) is 23.6 Å². The normalized spacial score (nSPS) is 26.7. The van der Waals surface area contributed by atoms with Crippen molar-refractivity contribution in [2.75, 3.05) is 12.4 Å². The van der Waals surface area contributed by atoms with Gasteiger partial charge in [-0.2, -0.15) is 0 Å². The second-order valence-electron chi connectivity index (χ2n) is 12.9.